The molecule has 0 aromatic heterocycles. The Hall–Kier alpha value is -1.33. The van der Waals surface area contributed by atoms with Crippen molar-refractivity contribution < 1.29 is 18.1 Å². The van der Waals surface area contributed by atoms with Gasteiger partial charge in [0.05, 0.1) is 12.5 Å². The maximum absolute atomic E-state index is 11.1. The Balaban J connectivity index is 4.26. The maximum atomic E-state index is 11.1. The summed E-state index contributed by atoms with van der Waals surface area (Å²) < 4.78 is 24.0. The molecule has 0 unspecified atom stereocenters. The molecule has 60 valence electrons. The van der Waals surface area contributed by atoms with Crippen molar-refractivity contribution >= 4 is 7.82 Å². The van der Waals surface area contributed by atoms with Gasteiger partial charge in [-0.3, -0.25) is 0 Å². The van der Waals surface area contributed by atoms with Gasteiger partial charge in [0.2, 0.25) is 0 Å². The van der Waals surface area contributed by atoms with Crippen LogP contribution in [0.25, 0.3) is 0 Å². The monoisotopic (exact) mass is 174 g/mol. The van der Waals surface area contributed by atoms with Crippen LogP contribution in [-0.2, 0) is 18.1 Å². The predicted octanol–water partition coefficient (Wildman–Crippen LogP) is 2.02. The van der Waals surface area contributed by atoms with Crippen molar-refractivity contribution in [2.24, 2.45) is 0 Å². The Morgan fingerprint density at radius 2 is 1.82 bits per heavy atom. The summed E-state index contributed by atoms with van der Waals surface area (Å²) in [5, 5.41) is 0. The van der Waals surface area contributed by atoms with Crippen LogP contribution in [0.5, 0.6) is 0 Å². The highest BCUT2D eigenvalue weighted by molar-refractivity contribution is 7.48. The highest BCUT2D eigenvalue weighted by atomic mass is 31.2. The average molecular weight is 174 g/mol. The second-order valence-corrected chi connectivity index (χ2v) is 2.70. The van der Waals surface area contributed by atoms with Gasteiger partial charge in [-0.25, -0.2) is 0 Å². The summed E-state index contributed by atoms with van der Waals surface area (Å²) in [5.74, 6) is 0. The number of phosphoric ester groups is 1. The van der Waals surface area contributed by atoms with Gasteiger partial charge in [-0.05, 0) is 0 Å². The Labute approximate surface area is 65.1 Å². The van der Waals surface area contributed by atoms with Gasteiger partial charge in [0.25, 0.3) is 0 Å². The molecule has 0 N–H and O–H groups in total. The summed E-state index contributed by atoms with van der Waals surface area (Å²) in [4.78, 5) is 0. The second kappa shape index (κ2) is 4.48. The highest BCUT2D eigenvalue weighted by Crippen LogP contribution is 2.49. The lowest BCUT2D eigenvalue weighted by Gasteiger charge is -2.09. The molecule has 4 nitrogen and oxygen atoms in total. The fraction of sp³-hybridized carbons (Fsp3) is 0. The third kappa shape index (κ3) is 3.39. The summed E-state index contributed by atoms with van der Waals surface area (Å²) in [5.41, 5.74) is 0. The Morgan fingerprint density at radius 3 is 2.09 bits per heavy atom. The molecule has 0 aromatic carbocycles. The summed E-state index contributed by atoms with van der Waals surface area (Å²) in [6, 6.07) is 0. The molecule has 0 bridgehead atoms. The number of rotatable bonds is 5. The molecule has 0 fully saturated rings. The van der Waals surface area contributed by atoms with Crippen LogP contribution in [0.3, 0.4) is 0 Å². The van der Waals surface area contributed by atoms with Gasteiger partial charge in [0.1, 0.15) is 6.11 Å². The fourth-order valence-corrected chi connectivity index (χ4v) is 0.945. The van der Waals surface area contributed by atoms with E-state index in [-0.39, 0.29) is 0 Å². The van der Waals surface area contributed by atoms with E-state index in [0.717, 1.165) is 12.5 Å². The Bertz CT molecular complexity index is 213. The molecule has 0 aliphatic rings. The van der Waals surface area contributed by atoms with E-state index in [9.17, 15) is 4.57 Å². The van der Waals surface area contributed by atoms with Crippen LogP contribution >= 0.6 is 7.82 Å². The summed E-state index contributed by atoms with van der Waals surface area (Å²) in [6.45, 7) is 6.31. The molecule has 0 spiro atoms. The quantitative estimate of drug-likeness (QED) is 0.363. The largest absolute Gasteiger partial charge is 0.654 e. The third-order valence-corrected chi connectivity index (χ3v) is 1.72. The molecule has 0 rings (SSSR count). The molecule has 0 aliphatic carbocycles. The summed E-state index contributed by atoms with van der Waals surface area (Å²) >= 11 is 0. The molecule has 0 saturated carbocycles. The topological polar surface area (TPSA) is 44.8 Å². The van der Waals surface area contributed by atoms with E-state index in [1.165, 1.54) is 0 Å². The smallest absolute Gasteiger partial charge is 0.394 e. The first-order valence-electron chi connectivity index (χ1n) is 2.51. The van der Waals surface area contributed by atoms with Crippen molar-refractivity contribution in [3.8, 4) is 12.5 Å². The van der Waals surface area contributed by atoms with Crippen LogP contribution in [0.4, 0.5) is 0 Å². The van der Waals surface area contributed by atoms with Gasteiger partial charge >= 0.3 is 7.82 Å². The molecule has 0 aliphatic heterocycles. The summed E-state index contributed by atoms with van der Waals surface area (Å²) in [7, 11) is -3.69. The van der Waals surface area contributed by atoms with E-state index >= 15 is 0 Å². The minimum atomic E-state index is -3.69. The van der Waals surface area contributed by atoms with E-state index in [1.54, 1.807) is 6.11 Å². The van der Waals surface area contributed by atoms with Gasteiger partial charge in [-0.2, -0.15) is 4.57 Å². The van der Waals surface area contributed by atoms with Crippen LogP contribution in [0.15, 0.2) is 25.7 Å². The zero-order chi connectivity index (χ0) is 8.74. The van der Waals surface area contributed by atoms with Gasteiger partial charge in [-0.15, -0.1) is 0 Å². The molecule has 11 heavy (non-hydrogen) atoms. The second-order valence-electron chi connectivity index (χ2n) is 1.20. The molecule has 5 heteroatoms. The molecule has 0 amide bonds. The third-order valence-electron chi connectivity index (χ3n) is 0.572. The van der Waals surface area contributed by atoms with Crippen molar-refractivity contribution in [3.05, 3.63) is 25.7 Å². The van der Waals surface area contributed by atoms with Crippen LogP contribution in [0.1, 0.15) is 0 Å². The zero-order valence-corrected chi connectivity index (χ0v) is 6.62. The summed E-state index contributed by atoms with van der Waals surface area (Å²) in [6.07, 6.45) is 8.18. The van der Waals surface area contributed by atoms with E-state index in [1.807, 2.05) is 0 Å². The molecular weight excluding hydrogens is 167 g/mol. The van der Waals surface area contributed by atoms with E-state index in [2.05, 4.69) is 26.7 Å². The number of hydrogen-bond acceptors (Lipinski definition) is 4. The maximum Gasteiger partial charge on any atom is 0.654 e. The van der Waals surface area contributed by atoms with Crippen molar-refractivity contribution in [2.45, 2.75) is 0 Å². The van der Waals surface area contributed by atoms with Gasteiger partial charge in [0, 0.05) is 0 Å². The number of terminal acetylenes is 1. The minimum absolute atomic E-state index is 0.904. The lowest BCUT2D eigenvalue weighted by molar-refractivity contribution is 0.240. The number of hydrogen-bond donors (Lipinski definition) is 0. The van der Waals surface area contributed by atoms with E-state index in [0.29, 0.717) is 0 Å². The average Bonchev–Trinajstić information content (AvgIpc) is 1.88. The molecule has 0 aromatic rings. The molecule has 0 heterocycles. The van der Waals surface area contributed by atoms with Crippen molar-refractivity contribution in [1.82, 2.24) is 0 Å². The van der Waals surface area contributed by atoms with Crippen molar-refractivity contribution in [3.63, 3.8) is 0 Å². The van der Waals surface area contributed by atoms with E-state index < -0.39 is 7.82 Å². The first kappa shape index (κ1) is 9.67. The lowest BCUT2D eigenvalue weighted by atomic mass is 11.2. The normalized spacial score (nSPS) is 9.00. The Kier molecular flexibility index (Phi) is 3.94. The predicted molar refractivity (Wildman–Crippen MR) is 40.1 cm³/mol. The lowest BCUT2D eigenvalue weighted by Crippen LogP contribution is -1.87. The fourth-order valence-electron chi connectivity index (χ4n) is 0.315. The Morgan fingerprint density at radius 1 is 1.36 bits per heavy atom. The molecular formula is C6H7O4P. The standard InChI is InChI=1S/C6H7O4P/c1-4-8-11(7,9-5-2)10-6-3/h1,5-6H,2-3H2. The van der Waals surface area contributed by atoms with Crippen LogP contribution in [0, 0.1) is 12.5 Å². The first-order valence-corrected chi connectivity index (χ1v) is 3.97. The molecule has 0 saturated heterocycles. The minimum Gasteiger partial charge on any atom is -0.394 e. The van der Waals surface area contributed by atoms with E-state index in [4.69, 9.17) is 6.42 Å². The van der Waals surface area contributed by atoms with Crippen LogP contribution in [-0.4, -0.2) is 0 Å². The molecule has 0 radical (unpaired) electrons. The van der Waals surface area contributed by atoms with Crippen molar-refractivity contribution in [2.75, 3.05) is 0 Å². The van der Waals surface area contributed by atoms with Crippen LogP contribution in [0.2, 0.25) is 0 Å². The van der Waals surface area contributed by atoms with Gasteiger partial charge < -0.3 is 13.6 Å². The molecule has 0 atom stereocenters. The van der Waals surface area contributed by atoms with Gasteiger partial charge in [-0.1, -0.05) is 19.6 Å². The highest BCUT2D eigenvalue weighted by Gasteiger charge is 2.27. The zero-order valence-electron chi connectivity index (χ0n) is 5.73. The number of phosphoric acid groups is 1. The SMILES string of the molecule is C#COP(=O)(OC=C)OC=C. The first-order chi connectivity index (χ1) is 5.18. The van der Waals surface area contributed by atoms with Gasteiger partial charge in [0.15, 0.2) is 0 Å². The van der Waals surface area contributed by atoms with Crippen molar-refractivity contribution in [1.29, 1.82) is 0 Å². The van der Waals surface area contributed by atoms with Crippen LogP contribution < -0.4 is 0 Å².